The molecule has 0 fully saturated rings. The highest BCUT2D eigenvalue weighted by Crippen LogP contribution is 2.33. The molecule has 32 heavy (non-hydrogen) atoms. The third kappa shape index (κ3) is 3.47. The second-order valence-electron chi connectivity index (χ2n) is 7.09. The lowest BCUT2D eigenvalue weighted by atomic mass is 10.1. The molecule has 160 valence electrons. The lowest BCUT2D eigenvalue weighted by molar-refractivity contribution is 0.0999. The summed E-state index contributed by atoms with van der Waals surface area (Å²) in [6.07, 6.45) is 0. The molecule has 0 saturated heterocycles. The minimum absolute atomic E-state index is 0.303. The molecule has 0 atom stereocenters. The van der Waals surface area contributed by atoms with Crippen LogP contribution in [0.15, 0.2) is 65.0 Å². The predicted octanol–water partition coefficient (Wildman–Crippen LogP) is 5.27. The summed E-state index contributed by atoms with van der Waals surface area (Å²) in [5.41, 5.74) is 2.99. The van der Waals surface area contributed by atoms with E-state index >= 15 is 0 Å². The highest BCUT2D eigenvalue weighted by molar-refractivity contribution is 7.16. The molecule has 5 rings (SSSR count). The largest absolute Gasteiger partial charge is 0.493 e. The zero-order valence-corrected chi connectivity index (χ0v) is 19.3. The van der Waals surface area contributed by atoms with Gasteiger partial charge in [-0.3, -0.25) is 4.79 Å². The summed E-state index contributed by atoms with van der Waals surface area (Å²) in [6.45, 7) is 0. The third-order valence-electron chi connectivity index (χ3n) is 5.23. The Hall–Kier alpha value is -3.49. The molecular weight excluding hydrogens is 442 g/mol. The molecule has 0 unspecified atom stereocenters. The van der Waals surface area contributed by atoms with Crippen molar-refractivity contribution in [1.82, 2.24) is 9.55 Å². The molecule has 3 aromatic heterocycles. The second-order valence-corrected chi connectivity index (χ2v) is 9.04. The number of aryl methyl sites for hydroxylation is 1. The number of fused-ring (bicyclic) bond motifs is 2. The monoisotopic (exact) mass is 461 g/mol. The third-order valence-corrected chi connectivity index (χ3v) is 7.22. The van der Waals surface area contributed by atoms with E-state index in [1.807, 2.05) is 71.6 Å². The van der Waals surface area contributed by atoms with Gasteiger partial charge in [0, 0.05) is 24.6 Å². The van der Waals surface area contributed by atoms with Crippen LogP contribution in [-0.4, -0.2) is 29.7 Å². The molecule has 1 amide bonds. The van der Waals surface area contributed by atoms with Crippen molar-refractivity contribution in [1.29, 1.82) is 0 Å². The van der Waals surface area contributed by atoms with Gasteiger partial charge >= 0.3 is 0 Å². The first-order valence-electron chi connectivity index (χ1n) is 9.83. The fourth-order valence-corrected chi connectivity index (χ4v) is 5.32. The first-order chi connectivity index (χ1) is 15.6. The molecule has 0 radical (unpaired) electrons. The number of hydrogen-bond acceptors (Lipinski definition) is 6. The van der Waals surface area contributed by atoms with E-state index in [0.717, 1.165) is 31.7 Å². The van der Waals surface area contributed by atoms with Gasteiger partial charge in [-0.25, -0.2) is 4.98 Å². The number of benzene rings is 2. The van der Waals surface area contributed by atoms with Crippen LogP contribution in [0.2, 0.25) is 0 Å². The molecule has 0 aliphatic carbocycles. The summed E-state index contributed by atoms with van der Waals surface area (Å²) in [6, 6.07) is 17.3. The van der Waals surface area contributed by atoms with Gasteiger partial charge in [-0.2, -0.15) is 4.99 Å². The molecule has 0 saturated carbocycles. The van der Waals surface area contributed by atoms with Crippen LogP contribution in [0, 0.1) is 0 Å². The average molecular weight is 462 g/mol. The topological polar surface area (TPSA) is 65.7 Å². The molecule has 8 heteroatoms. The van der Waals surface area contributed by atoms with E-state index in [-0.39, 0.29) is 5.91 Å². The zero-order chi connectivity index (χ0) is 22.2. The van der Waals surface area contributed by atoms with Crippen LogP contribution in [-0.2, 0) is 7.05 Å². The summed E-state index contributed by atoms with van der Waals surface area (Å²) in [4.78, 5) is 24.2. The molecule has 2 aromatic carbocycles. The number of thiazole rings is 1. The van der Waals surface area contributed by atoms with E-state index in [0.29, 0.717) is 21.9 Å². The maximum atomic E-state index is 13.4. The van der Waals surface area contributed by atoms with Crippen LogP contribution in [0.25, 0.3) is 31.7 Å². The maximum Gasteiger partial charge on any atom is 0.280 e. The normalized spacial score (nSPS) is 11.9. The number of nitrogens with zero attached hydrogens (tertiary/aromatic N) is 3. The number of amides is 1. The number of thiophene rings is 1. The summed E-state index contributed by atoms with van der Waals surface area (Å²) >= 11 is 3.02. The van der Waals surface area contributed by atoms with Crippen molar-refractivity contribution in [3.8, 4) is 22.1 Å². The number of hydrogen-bond donors (Lipinski definition) is 0. The van der Waals surface area contributed by atoms with Crippen molar-refractivity contribution in [2.75, 3.05) is 14.2 Å². The van der Waals surface area contributed by atoms with Crippen LogP contribution in [0.4, 0.5) is 0 Å². The van der Waals surface area contributed by atoms with Gasteiger partial charge in [0.05, 0.1) is 46.1 Å². The van der Waals surface area contributed by atoms with Crippen LogP contribution in [0.5, 0.6) is 11.5 Å². The minimum Gasteiger partial charge on any atom is -0.493 e. The van der Waals surface area contributed by atoms with E-state index in [1.54, 1.807) is 25.6 Å². The number of methoxy groups -OCH3 is 2. The number of ether oxygens (including phenoxy) is 2. The molecule has 5 aromatic rings. The molecule has 0 spiro atoms. The Morgan fingerprint density at radius 1 is 1.03 bits per heavy atom. The number of carbonyl (C=O) groups excluding carboxylic acids is 1. The summed E-state index contributed by atoms with van der Waals surface area (Å²) in [5, 5.41) is 2.78. The van der Waals surface area contributed by atoms with Crippen molar-refractivity contribution in [3.63, 3.8) is 0 Å². The van der Waals surface area contributed by atoms with E-state index in [1.165, 1.54) is 11.3 Å². The van der Waals surface area contributed by atoms with Crippen molar-refractivity contribution >= 4 is 49.7 Å². The lowest BCUT2D eigenvalue weighted by Crippen LogP contribution is -2.13. The quantitative estimate of drug-likeness (QED) is 0.365. The standard InChI is InChI=1S/C24H19N3O3S2/c1-27-18-12-19(29-2)20(30-3)13-22(18)32-24(27)26-23(28)15-11-17(21-9-6-10-31-21)25-16-8-5-4-7-14(15)16/h4-13H,1-3H3. The number of aromatic nitrogens is 2. The van der Waals surface area contributed by atoms with Gasteiger partial charge in [-0.15, -0.1) is 11.3 Å². The van der Waals surface area contributed by atoms with E-state index in [9.17, 15) is 4.79 Å². The van der Waals surface area contributed by atoms with E-state index in [2.05, 4.69) is 4.99 Å². The minimum atomic E-state index is -0.303. The van der Waals surface area contributed by atoms with Crippen LogP contribution >= 0.6 is 22.7 Å². The Morgan fingerprint density at radius 2 is 1.81 bits per heavy atom. The Labute approximate surface area is 192 Å². The van der Waals surface area contributed by atoms with Crippen LogP contribution < -0.4 is 14.3 Å². The van der Waals surface area contributed by atoms with Gasteiger partial charge in [0.25, 0.3) is 5.91 Å². The number of pyridine rings is 1. The molecule has 0 bridgehead atoms. The van der Waals surface area contributed by atoms with Crippen LogP contribution in [0.1, 0.15) is 10.4 Å². The molecule has 3 heterocycles. The Morgan fingerprint density at radius 3 is 2.56 bits per heavy atom. The predicted molar refractivity (Wildman–Crippen MR) is 129 cm³/mol. The molecule has 0 N–H and O–H groups in total. The molecule has 0 aliphatic heterocycles. The van der Waals surface area contributed by atoms with E-state index < -0.39 is 0 Å². The first kappa shape index (κ1) is 20.4. The lowest BCUT2D eigenvalue weighted by Gasteiger charge is -2.07. The van der Waals surface area contributed by atoms with Gasteiger partial charge in [0.1, 0.15) is 0 Å². The number of rotatable bonds is 4. The Bertz CT molecular complexity index is 1530. The van der Waals surface area contributed by atoms with Crippen molar-refractivity contribution in [2.24, 2.45) is 12.0 Å². The van der Waals surface area contributed by atoms with Gasteiger partial charge in [-0.05, 0) is 23.6 Å². The van der Waals surface area contributed by atoms with Crippen LogP contribution in [0.3, 0.4) is 0 Å². The summed E-state index contributed by atoms with van der Waals surface area (Å²) in [5.74, 6) is 0.968. The second kappa shape index (κ2) is 8.22. The molecular formula is C24H19N3O3S2. The fourth-order valence-electron chi connectivity index (χ4n) is 3.61. The van der Waals surface area contributed by atoms with Crippen molar-refractivity contribution < 1.29 is 14.3 Å². The Kier molecular flexibility index (Phi) is 5.24. The SMILES string of the molecule is COc1cc2sc(=NC(=O)c3cc(-c4cccs4)nc4ccccc34)n(C)c2cc1OC. The summed E-state index contributed by atoms with van der Waals surface area (Å²) < 4.78 is 13.7. The summed E-state index contributed by atoms with van der Waals surface area (Å²) in [7, 11) is 5.09. The molecule has 0 aliphatic rings. The van der Waals surface area contributed by atoms with Crippen molar-refractivity contribution in [2.45, 2.75) is 0 Å². The number of para-hydroxylation sites is 1. The van der Waals surface area contributed by atoms with Gasteiger partial charge in [-0.1, -0.05) is 35.6 Å². The fraction of sp³-hybridized carbons (Fsp3) is 0.125. The van der Waals surface area contributed by atoms with Gasteiger partial charge in [0.15, 0.2) is 16.3 Å². The maximum absolute atomic E-state index is 13.4. The smallest absolute Gasteiger partial charge is 0.280 e. The van der Waals surface area contributed by atoms with Gasteiger partial charge < -0.3 is 14.0 Å². The Balaban J connectivity index is 1.68. The highest BCUT2D eigenvalue weighted by atomic mass is 32.1. The zero-order valence-electron chi connectivity index (χ0n) is 17.7. The average Bonchev–Trinajstić information content (AvgIpc) is 3.46. The first-order valence-corrected chi connectivity index (χ1v) is 11.5. The molecule has 6 nitrogen and oxygen atoms in total. The van der Waals surface area contributed by atoms with E-state index in [4.69, 9.17) is 14.5 Å². The van der Waals surface area contributed by atoms with Crippen molar-refractivity contribution in [3.05, 3.63) is 70.3 Å². The number of carbonyl (C=O) groups is 1. The highest BCUT2D eigenvalue weighted by Gasteiger charge is 2.16. The van der Waals surface area contributed by atoms with Gasteiger partial charge in [0.2, 0.25) is 0 Å².